The Balaban J connectivity index is 1.77. The molecule has 1 N–H and O–H groups in total. The molecule has 0 unspecified atom stereocenters. The Morgan fingerprint density at radius 3 is 2.55 bits per heavy atom. The van der Waals surface area contributed by atoms with E-state index in [4.69, 9.17) is 4.74 Å². The number of methoxy groups -OCH3 is 1. The van der Waals surface area contributed by atoms with Gasteiger partial charge in [0.2, 0.25) is 5.91 Å². The van der Waals surface area contributed by atoms with Crippen molar-refractivity contribution in [3.05, 3.63) is 65.5 Å². The molecule has 0 radical (unpaired) electrons. The third-order valence-corrected chi connectivity index (χ3v) is 6.18. The van der Waals surface area contributed by atoms with Crippen LogP contribution in [0.1, 0.15) is 47.5 Å². The summed E-state index contributed by atoms with van der Waals surface area (Å²) in [6.45, 7) is 0.867. The molecule has 2 aliphatic rings. The molecule has 0 saturated heterocycles. The van der Waals surface area contributed by atoms with Crippen LogP contribution in [-0.2, 0) is 9.53 Å². The lowest BCUT2D eigenvalue weighted by molar-refractivity contribution is -0.121. The van der Waals surface area contributed by atoms with Crippen molar-refractivity contribution in [3.8, 4) is 0 Å². The first kappa shape index (κ1) is 19.6. The summed E-state index contributed by atoms with van der Waals surface area (Å²) in [4.78, 5) is 28.7. The maximum absolute atomic E-state index is 13.5. The molecule has 2 aromatic carbocycles. The van der Waals surface area contributed by atoms with Gasteiger partial charge in [0.15, 0.2) is 0 Å². The van der Waals surface area contributed by atoms with Crippen LogP contribution in [0.3, 0.4) is 0 Å². The van der Waals surface area contributed by atoms with Gasteiger partial charge in [-0.05, 0) is 48.7 Å². The number of ether oxygens (including phenoxy) is 1. The number of carbonyl (C=O) groups is 2. The van der Waals surface area contributed by atoms with Gasteiger partial charge in [0.05, 0.1) is 18.1 Å². The third kappa shape index (κ3) is 3.42. The molecule has 1 fully saturated rings. The fraction of sp³-hybridized carbons (Fsp3) is 0.391. The number of carbonyl (C=O) groups excluding carboxylic acids is 2. The van der Waals surface area contributed by atoms with Crippen molar-refractivity contribution < 1.29 is 18.7 Å². The summed E-state index contributed by atoms with van der Waals surface area (Å²) in [6.07, 6.45) is 3.50. The Kier molecular flexibility index (Phi) is 5.37. The van der Waals surface area contributed by atoms with Crippen molar-refractivity contribution in [2.45, 2.75) is 37.1 Å². The molecular formula is C23H25FN2O3. The van der Waals surface area contributed by atoms with E-state index in [2.05, 4.69) is 5.32 Å². The van der Waals surface area contributed by atoms with Gasteiger partial charge in [-0.1, -0.05) is 31.0 Å². The van der Waals surface area contributed by atoms with E-state index in [1.165, 1.54) is 12.1 Å². The summed E-state index contributed by atoms with van der Waals surface area (Å²) in [5.41, 5.74) is 1.32. The average Bonchev–Trinajstić information content (AvgIpc) is 3.19. The number of rotatable bonds is 5. The van der Waals surface area contributed by atoms with Crippen LogP contribution < -0.4 is 5.32 Å². The number of hydrogen-bond acceptors (Lipinski definition) is 3. The minimum absolute atomic E-state index is 0.0367. The topological polar surface area (TPSA) is 58.6 Å². The van der Waals surface area contributed by atoms with Gasteiger partial charge in [0, 0.05) is 24.9 Å². The van der Waals surface area contributed by atoms with Crippen molar-refractivity contribution in [1.82, 2.24) is 4.90 Å². The van der Waals surface area contributed by atoms with E-state index in [9.17, 15) is 14.0 Å². The van der Waals surface area contributed by atoms with Crippen LogP contribution >= 0.6 is 0 Å². The molecule has 1 aliphatic carbocycles. The lowest BCUT2D eigenvalue weighted by Crippen LogP contribution is -2.60. The summed E-state index contributed by atoms with van der Waals surface area (Å²) < 4.78 is 18.5. The summed E-state index contributed by atoms with van der Waals surface area (Å²) in [6, 6.07) is 13.1. The SMILES string of the molecule is COCCN1C(=O)c2ccccc2[C@H](C(=O)Nc2ccc(F)cc2)C12CCCC2. The normalized spacial score (nSPS) is 20.0. The van der Waals surface area contributed by atoms with Crippen molar-refractivity contribution in [1.29, 1.82) is 0 Å². The predicted molar refractivity (Wildman–Crippen MR) is 108 cm³/mol. The van der Waals surface area contributed by atoms with Gasteiger partial charge in [-0.3, -0.25) is 9.59 Å². The third-order valence-electron chi connectivity index (χ3n) is 6.18. The van der Waals surface area contributed by atoms with Gasteiger partial charge in [-0.2, -0.15) is 0 Å². The number of nitrogens with one attached hydrogen (secondary N) is 1. The predicted octanol–water partition coefficient (Wildman–Crippen LogP) is 3.96. The lowest BCUT2D eigenvalue weighted by Gasteiger charge is -2.50. The molecule has 2 amide bonds. The molecule has 1 saturated carbocycles. The van der Waals surface area contributed by atoms with Gasteiger partial charge in [0.25, 0.3) is 5.91 Å². The first-order valence-corrected chi connectivity index (χ1v) is 10.0. The van der Waals surface area contributed by atoms with Crippen molar-refractivity contribution in [2.75, 3.05) is 25.6 Å². The van der Waals surface area contributed by atoms with Crippen LogP contribution in [-0.4, -0.2) is 42.5 Å². The smallest absolute Gasteiger partial charge is 0.254 e. The van der Waals surface area contributed by atoms with Gasteiger partial charge in [0.1, 0.15) is 5.82 Å². The van der Waals surface area contributed by atoms with Crippen molar-refractivity contribution in [3.63, 3.8) is 0 Å². The largest absolute Gasteiger partial charge is 0.383 e. The number of halogens is 1. The van der Waals surface area contributed by atoms with E-state index in [0.29, 0.717) is 24.4 Å². The standard InChI is InChI=1S/C23H25FN2O3/c1-29-15-14-26-22(28)19-7-3-2-6-18(19)20(23(26)12-4-5-13-23)21(27)25-17-10-8-16(24)9-11-17/h2-3,6-11,20H,4-5,12-15H2,1H3,(H,25,27)/t20-/m1/s1. The summed E-state index contributed by atoms with van der Waals surface area (Å²) in [5, 5.41) is 2.95. The Morgan fingerprint density at radius 2 is 1.86 bits per heavy atom. The Labute approximate surface area is 169 Å². The monoisotopic (exact) mass is 396 g/mol. The fourth-order valence-electron chi connectivity index (χ4n) is 4.92. The van der Waals surface area contributed by atoms with Gasteiger partial charge in [-0.15, -0.1) is 0 Å². The quantitative estimate of drug-likeness (QED) is 0.832. The highest BCUT2D eigenvalue weighted by Gasteiger charge is 2.55. The number of amides is 2. The van der Waals surface area contributed by atoms with Crippen LogP contribution in [0.15, 0.2) is 48.5 Å². The highest BCUT2D eigenvalue weighted by Crippen LogP contribution is 2.50. The van der Waals surface area contributed by atoms with Crippen LogP contribution in [0.2, 0.25) is 0 Å². The molecule has 0 aromatic heterocycles. The lowest BCUT2D eigenvalue weighted by atomic mass is 9.71. The van der Waals surface area contributed by atoms with Crippen LogP contribution in [0.4, 0.5) is 10.1 Å². The minimum Gasteiger partial charge on any atom is -0.383 e. The molecule has 1 spiro atoms. The van der Waals surface area contributed by atoms with E-state index in [-0.39, 0.29) is 17.6 Å². The molecule has 2 aromatic rings. The average molecular weight is 396 g/mol. The van der Waals surface area contributed by atoms with Crippen LogP contribution in [0, 0.1) is 5.82 Å². The molecular weight excluding hydrogens is 371 g/mol. The molecule has 5 nitrogen and oxygen atoms in total. The van der Waals surface area contributed by atoms with Crippen LogP contribution in [0.25, 0.3) is 0 Å². The molecule has 6 heteroatoms. The van der Waals surface area contributed by atoms with Gasteiger partial charge >= 0.3 is 0 Å². The second kappa shape index (κ2) is 7.95. The molecule has 4 rings (SSSR count). The van der Waals surface area contributed by atoms with E-state index in [1.807, 2.05) is 23.1 Å². The Bertz CT molecular complexity index is 907. The number of fused-ring (bicyclic) bond motifs is 1. The maximum atomic E-state index is 13.5. The Morgan fingerprint density at radius 1 is 1.17 bits per heavy atom. The van der Waals surface area contributed by atoms with Gasteiger partial charge in [-0.25, -0.2) is 4.39 Å². The second-order valence-corrected chi connectivity index (χ2v) is 7.78. The van der Waals surface area contributed by atoms with E-state index in [0.717, 1.165) is 31.2 Å². The first-order valence-electron chi connectivity index (χ1n) is 10.0. The minimum atomic E-state index is -0.561. The second-order valence-electron chi connectivity index (χ2n) is 7.78. The number of nitrogens with zero attached hydrogens (tertiary/aromatic N) is 1. The summed E-state index contributed by atoms with van der Waals surface area (Å²) in [7, 11) is 1.61. The summed E-state index contributed by atoms with van der Waals surface area (Å²) in [5.74, 6) is -1.04. The zero-order chi connectivity index (χ0) is 20.4. The van der Waals surface area contributed by atoms with E-state index >= 15 is 0 Å². The van der Waals surface area contributed by atoms with Gasteiger partial charge < -0.3 is 15.0 Å². The molecule has 152 valence electrons. The maximum Gasteiger partial charge on any atom is 0.254 e. The molecule has 1 atom stereocenters. The highest BCUT2D eigenvalue weighted by atomic mass is 19.1. The van der Waals surface area contributed by atoms with Crippen molar-refractivity contribution >= 4 is 17.5 Å². The number of hydrogen-bond donors (Lipinski definition) is 1. The summed E-state index contributed by atoms with van der Waals surface area (Å²) >= 11 is 0. The first-order chi connectivity index (χ1) is 14.1. The number of benzene rings is 2. The molecule has 0 bridgehead atoms. The van der Waals surface area contributed by atoms with Crippen LogP contribution in [0.5, 0.6) is 0 Å². The zero-order valence-corrected chi connectivity index (χ0v) is 16.5. The fourth-order valence-corrected chi connectivity index (χ4v) is 4.92. The van der Waals surface area contributed by atoms with Crippen molar-refractivity contribution in [2.24, 2.45) is 0 Å². The molecule has 1 heterocycles. The number of anilines is 1. The molecule has 1 aliphatic heterocycles. The molecule has 29 heavy (non-hydrogen) atoms. The Hall–Kier alpha value is -2.73. The van der Waals surface area contributed by atoms with E-state index < -0.39 is 11.5 Å². The van der Waals surface area contributed by atoms with E-state index in [1.54, 1.807) is 25.3 Å². The zero-order valence-electron chi connectivity index (χ0n) is 16.5. The highest BCUT2D eigenvalue weighted by molar-refractivity contribution is 6.05.